The monoisotopic (exact) mass is 1250 g/mol. The molecule has 0 saturated carbocycles. The van der Waals surface area contributed by atoms with Crippen molar-refractivity contribution < 1.29 is 102 Å². The van der Waals surface area contributed by atoms with Crippen LogP contribution in [0.1, 0.15) is 55.4 Å². The van der Waals surface area contributed by atoms with Crippen LogP contribution in [0, 0.1) is 0 Å². The van der Waals surface area contributed by atoms with E-state index in [4.69, 9.17) is 10.8 Å². The van der Waals surface area contributed by atoms with Crippen molar-refractivity contribution >= 4 is 120 Å². The third kappa shape index (κ3) is 29.9. The lowest BCUT2D eigenvalue weighted by atomic mass is 10.1. The number of carboxylic acid groups (broad SMARTS) is 1. The molecule has 14 atom stereocenters. The second-order valence-corrected chi connectivity index (χ2v) is 19.6. The molecule has 0 heterocycles. The van der Waals surface area contributed by atoms with E-state index < -0.39 is 219 Å². The minimum atomic E-state index is -1.73. The molecule has 0 aromatic heterocycles. The molecule has 480 valence electrons. The first-order chi connectivity index (χ1) is 39.5. The summed E-state index contributed by atoms with van der Waals surface area (Å²) in [5, 5.41) is 81.3. The number of hydrogen-bond donors (Lipinski definition) is 23. The Kier molecular flexibility index (Phi) is 35.1. The molecule has 0 bridgehead atoms. The van der Waals surface area contributed by atoms with Gasteiger partial charge in [0.1, 0.15) is 54.4 Å². The van der Waals surface area contributed by atoms with Crippen LogP contribution in [0.4, 0.5) is 0 Å². The molecule has 0 fully saturated rings. The fourth-order valence-electron chi connectivity index (χ4n) is 6.22. The van der Waals surface area contributed by atoms with Crippen molar-refractivity contribution in [2.24, 2.45) is 5.73 Å². The molecule has 0 spiro atoms. The van der Waals surface area contributed by atoms with Crippen molar-refractivity contribution in [2.75, 3.05) is 50.8 Å². The van der Waals surface area contributed by atoms with E-state index in [1.165, 1.54) is 34.6 Å². The first-order valence-electron chi connectivity index (χ1n) is 25.7. The molecule has 0 aromatic carbocycles. The smallest absolute Gasteiger partial charge is 0.328 e. The molecule has 39 heteroatoms. The second kappa shape index (κ2) is 38.8. The molecule has 0 aliphatic heterocycles. The summed E-state index contributed by atoms with van der Waals surface area (Å²) >= 11 is 8.07. The highest BCUT2D eigenvalue weighted by molar-refractivity contribution is 7.80. The van der Waals surface area contributed by atoms with Gasteiger partial charge in [-0.2, -0.15) is 25.3 Å². The molecule has 15 amide bonds. The second-order valence-electron chi connectivity index (χ2n) is 18.9. The number of carbonyl (C=O) groups excluding carboxylic acids is 15. The topological polar surface area (TPSA) is 581 Å². The van der Waals surface area contributed by atoms with E-state index in [9.17, 15) is 97.1 Å². The Morgan fingerprint density at radius 2 is 0.624 bits per heavy atom. The van der Waals surface area contributed by atoms with Crippen molar-refractivity contribution in [3.8, 4) is 0 Å². The Bertz CT molecular complexity index is 2420. The number of aliphatic hydroxyl groups excluding tert-OH is 4. The third-order valence-corrected chi connectivity index (χ3v) is 12.0. The molecular weight excluding hydrogens is 1180 g/mol. The molecular formula is C46H78N16O21S2. The lowest BCUT2D eigenvalue weighted by Gasteiger charge is -2.26. The van der Waals surface area contributed by atoms with Gasteiger partial charge >= 0.3 is 5.97 Å². The summed E-state index contributed by atoms with van der Waals surface area (Å²) in [6.07, 6.45) is -5.80. The SMILES string of the molecule is C[C@H](NC(=O)[C@H](C)NC(=O)[C@@H](N)[C@@H](C)O)C(=O)NCC(=O)N[C@@H](CS)C(=O)N[C@@H](C)C(=O)N[C@H](C(=O)N[C@@H](C)C(=O)N[C@@H](CS)C(=O)NCC(=O)NCC(=O)NCC(=O)NCC(=O)N[C@H](C(=O)NCC(=O)N[C@H](C(=O)O)[C@@H](C)O)[C@@H](C)O)[C@@H](C)O. The summed E-state index contributed by atoms with van der Waals surface area (Å²) in [6, 6.07) is -14.4. The predicted molar refractivity (Wildman–Crippen MR) is 298 cm³/mol. The van der Waals surface area contributed by atoms with Crippen LogP contribution in [0.25, 0.3) is 0 Å². The normalized spacial score (nSPS) is 15.8. The summed E-state index contributed by atoms with van der Waals surface area (Å²) in [7, 11) is 0. The maximum absolute atomic E-state index is 13.2. The highest BCUT2D eigenvalue weighted by Crippen LogP contribution is 2.01. The zero-order valence-electron chi connectivity index (χ0n) is 47.5. The van der Waals surface area contributed by atoms with Gasteiger partial charge in [-0.05, 0) is 55.4 Å². The van der Waals surface area contributed by atoms with Crippen molar-refractivity contribution in [1.82, 2.24) is 79.8 Å². The Morgan fingerprint density at radius 1 is 0.318 bits per heavy atom. The summed E-state index contributed by atoms with van der Waals surface area (Å²) in [4.78, 5) is 200. The Balaban J connectivity index is 5.01. The minimum absolute atomic E-state index is 0.313. The number of amides is 15. The van der Waals surface area contributed by atoms with Crippen LogP contribution in [0.15, 0.2) is 0 Å². The van der Waals surface area contributed by atoms with Gasteiger partial charge in [-0.3, -0.25) is 71.9 Å². The molecule has 37 nitrogen and oxygen atoms in total. The van der Waals surface area contributed by atoms with Gasteiger partial charge in [0.15, 0.2) is 6.04 Å². The summed E-state index contributed by atoms with van der Waals surface area (Å²) in [5.74, 6) is -16.4. The molecule has 0 saturated heterocycles. The van der Waals surface area contributed by atoms with Crippen LogP contribution < -0.4 is 85.5 Å². The number of thiol groups is 2. The van der Waals surface area contributed by atoms with Crippen LogP contribution in [0.2, 0.25) is 0 Å². The van der Waals surface area contributed by atoms with Gasteiger partial charge in [0.05, 0.1) is 63.7 Å². The number of hydrogen-bond acceptors (Lipinski definition) is 23. The van der Waals surface area contributed by atoms with Crippen LogP contribution in [0.3, 0.4) is 0 Å². The van der Waals surface area contributed by atoms with Crippen LogP contribution in [-0.2, 0) is 76.7 Å². The zero-order chi connectivity index (χ0) is 65.6. The fourth-order valence-corrected chi connectivity index (χ4v) is 6.73. The van der Waals surface area contributed by atoms with Crippen molar-refractivity contribution in [2.45, 2.75) is 140 Å². The van der Waals surface area contributed by atoms with Crippen LogP contribution in [-0.4, -0.2) is 256 Å². The molecule has 0 aromatic rings. The molecule has 0 radical (unpaired) electrons. The van der Waals surface area contributed by atoms with E-state index in [0.717, 1.165) is 20.8 Å². The largest absolute Gasteiger partial charge is 0.480 e. The van der Waals surface area contributed by atoms with E-state index in [-0.39, 0.29) is 11.5 Å². The van der Waals surface area contributed by atoms with Crippen molar-refractivity contribution in [1.29, 1.82) is 0 Å². The number of carboxylic acids is 1. The Labute approximate surface area is 497 Å². The van der Waals surface area contributed by atoms with E-state index >= 15 is 0 Å². The van der Waals surface area contributed by atoms with Gasteiger partial charge in [0.2, 0.25) is 88.6 Å². The maximum atomic E-state index is 13.2. The standard InChI is InChI=1S/C46H78N16O21S2/c1-17(54-38(74)18(2)56-43(79)33(47)21(5)63)37(73)51-13-30(70)58-26(16-85)42(78)55-20(4)40(76)62-35(23(7)65)45(81)57-19(3)39(75)59-25(15-84)41(77)52-11-29(69)49-9-27(67)48-10-28(68)50-12-31(71)60-34(22(6)64)44(80)53-14-32(72)61-36(24(8)66)46(82)83/h17-26,33-36,63-66,84-85H,9-16,47H2,1-8H3,(H,48,67)(H,49,69)(H,50,68)(H,51,73)(H,52,77)(H,53,80)(H,54,74)(H,55,78)(H,56,79)(H,57,81)(H,58,70)(H,59,75)(H,60,71)(H,61,72)(H,62,76)(H,82,83)/t17-,18-,19-,20-,21+,22+,23+,24+,25-,26-,33-,34-,35-,36-/m0/s1. The van der Waals surface area contributed by atoms with E-state index in [1.54, 1.807) is 0 Å². The number of aliphatic hydroxyl groups is 4. The maximum Gasteiger partial charge on any atom is 0.328 e. The summed E-state index contributed by atoms with van der Waals surface area (Å²) in [5.41, 5.74) is 5.54. The lowest BCUT2D eigenvalue weighted by molar-refractivity contribution is -0.144. The number of carbonyl (C=O) groups is 16. The predicted octanol–water partition coefficient (Wildman–Crippen LogP) is -13.1. The molecule has 85 heavy (non-hydrogen) atoms. The zero-order valence-corrected chi connectivity index (χ0v) is 49.3. The van der Waals surface area contributed by atoms with Gasteiger partial charge in [-0.25, -0.2) is 4.79 Å². The summed E-state index contributed by atoms with van der Waals surface area (Å²) < 4.78 is 0. The highest BCUT2D eigenvalue weighted by atomic mass is 32.1. The summed E-state index contributed by atoms with van der Waals surface area (Å²) in [6.45, 7) is 5.15. The molecule has 0 aliphatic rings. The molecule has 0 rings (SSSR count). The van der Waals surface area contributed by atoms with Crippen LogP contribution in [0.5, 0.6) is 0 Å². The first kappa shape index (κ1) is 77.0. The number of rotatable bonds is 37. The number of nitrogens with one attached hydrogen (secondary N) is 15. The molecule has 0 aliphatic carbocycles. The molecule has 22 N–H and O–H groups in total. The number of nitrogens with two attached hydrogens (primary N) is 1. The average Bonchev–Trinajstić information content (AvgIpc) is 3.64. The number of aliphatic carboxylic acids is 1. The minimum Gasteiger partial charge on any atom is -0.480 e. The van der Waals surface area contributed by atoms with Gasteiger partial charge in [0.25, 0.3) is 0 Å². The highest BCUT2D eigenvalue weighted by Gasteiger charge is 2.34. The lowest BCUT2D eigenvalue weighted by Crippen LogP contribution is -2.61. The average molecular weight is 1260 g/mol. The van der Waals surface area contributed by atoms with E-state index in [0.29, 0.717) is 0 Å². The van der Waals surface area contributed by atoms with E-state index in [2.05, 4.69) is 99.7 Å². The molecule has 0 unspecified atom stereocenters. The Morgan fingerprint density at radius 3 is 1.06 bits per heavy atom. The fraction of sp³-hybridized carbons (Fsp3) is 0.652. The van der Waals surface area contributed by atoms with Gasteiger partial charge in [-0.1, -0.05) is 0 Å². The Hall–Kier alpha value is -7.98. The van der Waals surface area contributed by atoms with Crippen LogP contribution >= 0.6 is 25.3 Å². The van der Waals surface area contributed by atoms with Gasteiger partial charge in [0, 0.05) is 11.5 Å². The van der Waals surface area contributed by atoms with Gasteiger partial charge < -0.3 is 111 Å². The van der Waals surface area contributed by atoms with Crippen molar-refractivity contribution in [3.63, 3.8) is 0 Å². The third-order valence-electron chi connectivity index (χ3n) is 11.3. The van der Waals surface area contributed by atoms with Gasteiger partial charge in [-0.15, -0.1) is 0 Å². The first-order valence-corrected chi connectivity index (χ1v) is 27.0. The quantitative estimate of drug-likeness (QED) is 0.0257. The van der Waals surface area contributed by atoms with E-state index in [1.807, 2.05) is 5.32 Å². The van der Waals surface area contributed by atoms with Crippen molar-refractivity contribution in [3.05, 3.63) is 0 Å².